The molecule has 0 atom stereocenters. The molecule has 0 aromatic carbocycles. The second kappa shape index (κ2) is 6.30. The van der Waals surface area contributed by atoms with Gasteiger partial charge in [-0.25, -0.2) is 0 Å². The van der Waals surface area contributed by atoms with Crippen molar-refractivity contribution in [1.29, 1.82) is 0 Å². The van der Waals surface area contributed by atoms with E-state index < -0.39 is 0 Å². The quantitative estimate of drug-likeness (QED) is 0.623. The molecule has 1 fully saturated rings. The van der Waals surface area contributed by atoms with Crippen molar-refractivity contribution in [3.8, 4) is 0 Å². The lowest BCUT2D eigenvalue weighted by molar-refractivity contribution is -0.126. The van der Waals surface area contributed by atoms with E-state index in [9.17, 15) is 4.79 Å². The van der Waals surface area contributed by atoms with Crippen molar-refractivity contribution >= 4 is 5.78 Å². The molecule has 0 amide bonds. The van der Waals surface area contributed by atoms with Crippen LogP contribution in [0.15, 0.2) is 0 Å². The van der Waals surface area contributed by atoms with E-state index in [-0.39, 0.29) is 5.41 Å². The van der Waals surface area contributed by atoms with Gasteiger partial charge in [0.25, 0.3) is 0 Å². The molecule has 0 aromatic rings. The summed E-state index contributed by atoms with van der Waals surface area (Å²) in [6.45, 7) is 3.95. The van der Waals surface area contributed by atoms with Gasteiger partial charge in [-0.15, -0.1) is 0 Å². The maximum Gasteiger partial charge on any atom is 0.135 e. The minimum atomic E-state index is -0.00958. The van der Waals surface area contributed by atoms with E-state index in [0.29, 0.717) is 5.78 Å². The highest BCUT2D eigenvalue weighted by atomic mass is 16.1. The molecule has 1 nitrogen and oxygen atoms in total. The van der Waals surface area contributed by atoms with Crippen molar-refractivity contribution in [3.63, 3.8) is 0 Å². The molecule has 88 valence electrons. The molecule has 1 saturated carbocycles. The van der Waals surface area contributed by atoms with Crippen LogP contribution in [-0.4, -0.2) is 5.78 Å². The smallest absolute Gasteiger partial charge is 0.135 e. The maximum absolute atomic E-state index is 11.7. The Hall–Kier alpha value is -0.330. The van der Waals surface area contributed by atoms with Crippen LogP contribution < -0.4 is 0 Å². The van der Waals surface area contributed by atoms with Gasteiger partial charge < -0.3 is 0 Å². The number of hydrogen-bond acceptors (Lipinski definition) is 1. The zero-order valence-electron chi connectivity index (χ0n) is 10.5. The number of Topliss-reactive ketones (excluding diaryl/α,β-unsaturated/α-hetero) is 1. The first-order valence-corrected chi connectivity index (χ1v) is 6.66. The molecule has 0 heterocycles. The summed E-state index contributed by atoms with van der Waals surface area (Å²) in [5.74, 6) is 0.404. The molecule has 15 heavy (non-hydrogen) atoms. The van der Waals surface area contributed by atoms with E-state index in [1.54, 1.807) is 6.92 Å². The van der Waals surface area contributed by atoms with E-state index in [4.69, 9.17) is 0 Å². The number of carbonyl (C=O) groups is 1. The van der Waals surface area contributed by atoms with Crippen LogP contribution in [0.3, 0.4) is 0 Å². The first-order chi connectivity index (χ1) is 7.15. The first kappa shape index (κ1) is 12.7. The number of carbonyl (C=O) groups excluding carboxylic acids is 1. The second-order valence-corrected chi connectivity index (χ2v) is 5.45. The first-order valence-electron chi connectivity index (χ1n) is 6.66. The molecule has 0 aromatic heterocycles. The lowest BCUT2D eigenvalue weighted by Crippen LogP contribution is -2.25. The van der Waals surface area contributed by atoms with Gasteiger partial charge >= 0.3 is 0 Å². The summed E-state index contributed by atoms with van der Waals surface area (Å²) in [5, 5.41) is 0. The summed E-state index contributed by atoms with van der Waals surface area (Å²) < 4.78 is 0. The Bertz CT molecular complexity index is 184. The van der Waals surface area contributed by atoms with Crippen molar-refractivity contribution in [3.05, 3.63) is 0 Å². The van der Waals surface area contributed by atoms with E-state index >= 15 is 0 Å². The molecule has 0 unspecified atom stereocenters. The number of rotatable bonds is 1. The van der Waals surface area contributed by atoms with Crippen LogP contribution >= 0.6 is 0 Å². The van der Waals surface area contributed by atoms with Crippen molar-refractivity contribution in [2.45, 2.75) is 78.1 Å². The van der Waals surface area contributed by atoms with Gasteiger partial charge in [0.1, 0.15) is 5.78 Å². The number of ketones is 1. The third-order valence-electron chi connectivity index (χ3n) is 4.06. The lowest BCUT2D eigenvalue weighted by atomic mass is 9.77. The van der Waals surface area contributed by atoms with Crippen molar-refractivity contribution in [2.75, 3.05) is 0 Å². The Morgan fingerprint density at radius 2 is 1.13 bits per heavy atom. The SMILES string of the molecule is CC(=O)C1(C)CCCCCCCCCC1. The third-order valence-corrected chi connectivity index (χ3v) is 4.06. The minimum absolute atomic E-state index is 0.00958. The average molecular weight is 210 g/mol. The van der Waals surface area contributed by atoms with Crippen LogP contribution in [0.25, 0.3) is 0 Å². The monoisotopic (exact) mass is 210 g/mol. The Labute approximate surface area is 94.6 Å². The van der Waals surface area contributed by atoms with E-state index in [0.717, 1.165) is 12.8 Å². The molecule has 1 rings (SSSR count). The van der Waals surface area contributed by atoms with Gasteiger partial charge in [-0.05, 0) is 19.8 Å². The van der Waals surface area contributed by atoms with Crippen LogP contribution in [0.1, 0.15) is 78.1 Å². The second-order valence-electron chi connectivity index (χ2n) is 5.45. The molecule has 0 spiro atoms. The summed E-state index contributed by atoms with van der Waals surface area (Å²) in [7, 11) is 0. The highest BCUT2D eigenvalue weighted by Gasteiger charge is 2.28. The molecule has 1 aliphatic rings. The molecule has 0 N–H and O–H groups in total. The van der Waals surface area contributed by atoms with Gasteiger partial charge in [0, 0.05) is 5.41 Å². The summed E-state index contributed by atoms with van der Waals surface area (Å²) in [5.41, 5.74) is -0.00958. The fourth-order valence-electron chi connectivity index (χ4n) is 2.57. The normalized spacial score (nSPS) is 24.1. The Kier molecular flexibility index (Phi) is 5.35. The molecular formula is C14H26O. The Morgan fingerprint density at radius 1 is 0.800 bits per heavy atom. The summed E-state index contributed by atoms with van der Waals surface area (Å²) in [4.78, 5) is 11.7. The fourth-order valence-corrected chi connectivity index (χ4v) is 2.57. The fraction of sp³-hybridized carbons (Fsp3) is 0.929. The summed E-state index contributed by atoms with van der Waals surface area (Å²) >= 11 is 0. The van der Waals surface area contributed by atoms with E-state index in [1.165, 1.54) is 51.4 Å². The lowest BCUT2D eigenvalue weighted by Gasteiger charge is -2.26. The third kappa shape index (κ3) is 4.36. The topological polar surface area (TPSA) is 17.1 Å². The van der Waals surface area contributed by atoms with Crippen molar-refractivity contribution in [1.82, 2.24) is 0 Å². The molecule has 1 aliphatic carbocycles. The molecule has 0 saturated heterocycles. The predicted molar refractivity (Wildman–Crippen MR) is 65.0 cm³/mol. The van der Waals surface area contributed by atoms with Crippen LogP contribution in [-0.2, 0) is 4.79 Å². The van der Waals surface area contributed by atoms with E-state index in [2.05, 4.69) is 6.92 Å². The maximum atomic E-state index is 11.7. The highest BCUT2D eigenvalue weighted by Crippen LogP contribution is 2.33. The standard InChI is InChI=1S/C14H26O/c1-13(15)14(2)11-9-7-5-3-4-6-8-10-12-14/h3-12H2,1-2H3. The molecule has 0 radical (unpaired) electrons. The zero-order valence-corrected chi connectivity index (χ0v) is 10.5. The molecule has 1 heteroatoms. The molecule has 0 bridgehead atoms. The van der Waals surface area contributed by atoms with Gasteiger partial charge in [0.2, 0.25) is 0 Å². The van der Waals surface area contributed by atoms with Gasteiger partial charge in [-0.3, -0.25) is 4.79 Å². The Morgan fingerprint density at radius 3 is 1.47 bits per heavy atom. The summed E-state index contributed by atoms with van der Waals surface area (Å²) in [6, 6.07) is 0. The Balaban J connectivity index is 2.49. The van der Waals surface area contributed by atoms with Gasteiger partial charge in [0.15, 0.2) is 0 Å². The van der Waals surface area contributed by atoms with E-state index in [1.807, 2.05) is 0 Å². The predicted octanol–water partition coefficient (Wildman–Crippen LogP) is 4.50. The zero-order chi connectivity index (χ0) is 11.1. The molecular weight excluding hydrogens is 184 g/mol. The average Bonchev–Trinajstić information content (AvgIpc) is 2.24. The van der Waals surface area contributed by atoms with Gasteiger partial charge in [-0.2, -0.15) is 0 Å². The van der Waals surface area contributed by atoms with Gasteiger partial charge in [-0.1, -0.05) is 58.3 Å². The van der Waals surface area contributed by atoms with Crippen LogP contribution in [0.4, 0.5) is 0 Å². The van der Waals surface area contributed by atoms with Crippen molar-refractivity contribution < 1.29 is 4.79 Å². The van der Waals surface area contributed by atoms with Crippen LogP contribution in [0.2, 0.25) is 0 Å². The molecule has 0 aliphatic heterocycles. The minimum Gasteiger partial charge on any atom is -0.299 e. The summed E-state index contributed by atoms with van der Waals surface area (Å²) in [6.07, 6.45) is 12.9. The van der Waals surface area contributed by atoms with Crippen LogP contribution in [0, 0.1) is 5.41 Å². The van der Waals surface area contributed by atoms with Gasteiger partial charge in [0.05, 0.1) is 0 Å². The number of hydrogen-bond donors (Lipinski definition) is 0. The highest BCUT2D eigenvalue weighted by molar-refractivity contribution is 5.81. The van der Waals surface area contributed by atoms with Crippen LogP contribution in [0.5, 0.6) is 0 Å². The largest absolute Gasteiger partial charge is 0.299 e. The van der Waals surface area contributed by atoms with Crippen molar-refractivity contribution in [2.24, 2.45) is 5.41 Å².